The van der Waals surface area contributed by atoms with E-state index in [4.69, 9.17) is 26.8 Å². The number of nitrogen functional groups attached to an aromatic ring is 1. The minimum Gasteiger partial charge on any atom is -0.467 e. The maximum atomic E-state index is 16.3. The molecule has 10 rings (SSSR count). The van der Waals surface area contributed by atoms with Crippen LogP contribution in [0.3, 0.4) is 0 Å². The standard InChI is InChI=1S/C33H49N5O4S.C24H19ClF2N6OS/c1-23(25-11-13-26(14-12-25)29-24(2)34-22-43-29)35-31(40)27-10-8-19-38(27)32(41)30(33(3,4)5)36-28(39)15-21-42-20-9-18-37-16-6-7-17-37;1-34-24-31-20-13(23(32-24)33-8-10-2-3-11(9-33)30-10)6-15(25)18(19(20)27)12-4-5-16(26)21-17(12)14(7-28)22(29)35-21/h11-14,22-23,27,30H,6-10,15-21H2,1-5H3,(H,35,40)(H,36,39);4-6,10-11,30H,2-3,8-9,29H2,1H3/t23?,27-,30+;/m0./s1. The molecule has 3 unspecified atom stereocenters. The Morgan fingerprint density at radius 1 is 1.00 bits per heavy atom. The summed E-state index contributed by atoms with van der Waals surface area (Å²) in [6.07, 6.45) is 7.21. The van der Waals surface area contributed by atoms with Crippen molar-refractivity contribution in [2.75, 3.05) is 70.2 Å². The molecule has 3 aromatic carbocycles. The molecule has 0 aliphatic carbocycles. The van der Waals surface area contributed by atoms with Gasteiger partial charge in [-0.15, -0.1) is 22.7 Å². The number of nitrogens with two attached hydrogens (primary N) is 1. The van der Waals surface area contributed by atoms with Gasteiger partial charge in [0, 0.05) is 67.6 Å². The summed E-state index contributed by atoms with van der Waals surface area (Å²) < 4.78 is 42.0. The third-order valence-electron chi connectivity index (χ3n) is 15.2. The Kier molecular flexibility index (Phi) is 17.8. The average molecular weight is 1120 g/mol. The van der Waals surface area contributed by atoms with Crippen LogP contribution in [0, 0.1) is 35.3 Å². The van der Waals surface area contributed by atoms with Crippen molar-refractivity contribution in [3.05, 3.63) is 81.5 Å². The number of nitriles is 1. The maximum absolute atomic E-state index is 16.3. The number of carbonyl (C=O) groups excluding carboxylic acids is 3. The molecule has 3 amide bonds. The molecule has 5 atom stereocenters. The minimum absolute atomic E-state index is 0.0190. The number of thiazole rings is 1. The highest BCUT2D eigenvalue weighted by Gasteiger charge is 2.42. The first-order chi connectivity index (χ1) is 37.4. The SMILES string of the molecule is COc1nc(N2CC3CCC(C2)N3)c2cc(Cl)c(-c3ccc(F)c4sc(N)c(C#N)c34)c(F)c2n1.Cc1ncsc1-c1ccc(C(C)NC(=O)[C@@H]2CCCN2C(=O)[C@@H](NC(=O)CCOCCCN2CCCC2)C(C)(C)C)cc1. The summed E-state index contributed by atoms with van der Waals surface area (Å²) in [6.45, 7) is 16.1. The molecule has 0 spiro atoms. The van der Waals surface area contributed by atoms with Crippen LogP contribution >= 0.6 is 34.3 Å². The van der Waals surface area contributed by atoms with Crippen molar-refractivity contribution < 1.29 is 32.6 Å². The van der Waals surface area contributed by atoms with E-state index in [9.17, 15) is 24.0 Å². The topological polar surface area (TPSA) is 204 Å². The van der Waals surface area contributed by atoms with Gasteiger partial charge in [-0.1, -0.05) is 62.7 Å². The van der Waals surface area contributed by atoms with Crippen LogP contribution in [0.1, 0.15) is 102 Å². The number of aryl methyl sites for hydroxylation is 1. The monoisotopic (exact) mass is 1120 g/mol. The third-order valence-corrected chi connectivity index (χ3v) is 17.5. The molecule has 16 nitrogen and oxygen atoms in total. The number of anilines is 2. The molecular formula is C57H68ClF2N11O5S2. The van der Waals surface area contributed by atoms with Gasteiger partial charge in [0.15, 0.2) is 5.82 Å². The van der Waals surface area contributed by atoms with Crippen LogP contribution in [0.15, 0.2) is 48.0 Å². The van der Waals surface area contributed by atoms with Gasteiger partial charge >= 0.3 is 6.01 Å². The van der Waals surface area contributed by atoms with Crippen LogP contribution in [-0.4, -0.2) is 126 Å². The van der Waals surface area contributed by atoms with Crippen molar-refractivity contribution in [2.45, 2.75) is 116 Å². The molecule has 6 aromatic rings. The van der Waals surface area contributed by atoms with Crippen molar-refractivity contribution in [1.82, 2.24) is 40.7 Å². The van der Waals surface area contributed by atoms with Gasteiger partial charge in [-0.2, -0.15) is 15.2 Å². The van der Waals surface area contributed by atoms with Crippen molar-refractivity contribution in [3.63, 3.8) is 0 Å². The number of hydrogen-bond acceptors (Lipinski definition) is 15. The van der Waals surface area contributed by atoms with E-state index in [-0.39, 0.29) is 78.5 Å². The summed E-state index contributed by atoms with van der Waals surface area (Å²) in [5.41, 5.74) is 10.8. The van der Waals surface area contributed by atoms with Gasteiger partial charge in [-0.3, -0.25) is 14.4 Å². The molecule has 21 heteroatoms. The fraction of sp³-hybridized carbons (Fsp3) is 0.491. The summed E-state index contributed by atoms with van der Waals surface area (Å²) in [5, 5.41) is 20.3. The quantitative estimate of drug-likeness (QED) is 0.0668. The number of fused-ring (bicyclic) bond motifs is 4. The van der Waals surface area contributed by atoms with Gasteiger partial charge in [-0.25, -0.2) is 13.8 Å². The maximum Gasteiger partial charge on any atom is 0.318 e. The molecule has 3 aromatic heterocycles. The first kappa shape index (κ1) is 56.6. The van der Waals surface area contributed by atoms with E-state index in [1.807, 2.05) is 58.3 Å². The number of nitrogens with one attached hydrogen (secondary N) is 3. The number of likely N-dealkylation sites (tertiary alicyclic amines) is 2. The van der Waals surface area contributed by atoms with Gasteiger partial charge < -0.3 is 45.9 Å². The van der Waals surface area contributed by atoms with E-state index in [2.05, 4.69) is 52.8 Å². The van der Waals surface area contributed by atoms with Gasteiger partial charge in [0.1, 0.15) is 40.3 Å². The van der Waals surface area contributed by atoms with Gasteiger partial charge in [0.05, 0.1) is 51.1 Å². The number of aromatic nitrogens is 3. The number of rotatable bonds is 16. The van der Waals surface area contributed by atoms with Gasteiger partial charge in [0.25, 0.3) is 0 Å². The summed E-state index contributed by atoms with van der Waals surface area (Å²) in [4.78, 5) is 60.6. The van der Waals surface area contributed by atoms with Crippen LogP contribution in [0.4, 0.5) is 19.6 Å². The average Bonchev–Trinajstić information content (AvgIpc) is 4.42. The highest BCUT2D eigenvalue weighted by molar-refractivity contribution is 7.23. The zero-order chi connectivity index (χ0) is 55.4. The molecular weight excluding hydrogens is 1060 g/mol. The molecule has 414 valence electrons. The fourth-order valence-corrected chi connectivity index (χ4v) is 13.2. The lowest BCUT2D eigenvalue weighted by Gasteiger charge is -2.35. The van der Waals surface area contributed by atoms with E-state index >= 15 is 4.39 Å². The van der Waals surface area contributed by atoms with Crippen LogP contribution in [0.2, 0.25) is 5.02 Å². The van der Waals surface area contributed by atoms with E-state index in [0.717, 1.165) is 78.4 Å². The highest BCUT2D eigenvalue weighted by Crippen LogP contribution is 2.46. The third kappa shape index (κ3) is 12.4. The Labute approximate surface area is 467 Å². The van der Waals surface area contributed by atoms with Gasteiger partial charge in [-0.05, 0) is 106 Å². The Hall–Kier alpha value is -6.08. The largest absolute Gasteiger partial charge is 0.467 e. The molecule has 4 aliphatic rings. The number of thiophene rings is 1. The lowest BCUT2D eigenvalue weighted by atomic mass is 9.85. The van der Waals surface area contributed by atoms with E-state index < -0.39 is 29.1 Å². The molecule has 5 N–H and O–H groups in total. The molecule has 0 radical (unpaired) electrons. The number of nitrogens with zero attached hydrogens (tertiary/aromatic N) is 7. The number of carbonyl (C=O) groups is 3. The summed E-state index contributed by atoms with van der Waals surface area (Å²) >= 11 is 9.23. The van der Waals surface area contributed by atoms with Gasteiger partial charge in [0.2, 0.25) is 17.7 Å². The normalized spacial score (nSPS) is 19.2. The number of benzene rings is 3. The smallest absolute Gasteiger partial charge is 0.318 e. The molecule has 4 fully saturated rings. The zero-order valence-corrected chi connectivity index (χ0v) is 47.4. The second-order valence-corrected chi connectivity index (χ2v) is 24.0. The Balaban J connectivity index is 0.000000193. The second kappa shape index (κ2) is 24.5. The number of amides is 3. The summed E-state index contributed by atoms with van der Waals surface area (Å²) in [6, 6.07) is 13.6. The van der Waals surface area contributed by atoms with E-state index in [1.165, 1.54) is 45.2 Å². The highest BCUT2D eigenvalue weighted by atomic mass is 35.5. The molecule has 78 heavy (non-hydrogen) atoms. The number of halogens is 3. The first-order valence-corrected chi connectivity index (χ1v) is 28.9. The number of piperazine rings is 1. The first-order valence-electron chi connectivity index (χ1n) is 26.8. The van der Waals surface area contributed by atoms with E-state index in [1.54, 1.807) is 22.3 Å². The fourth-order valence-electron chi connectivity index (χ4n) is 11.1. The second-order valence-electron chi connectivity index (χ2n) is 21.7. The predicted molar refractivity (Wildman–Crippen MR) is 304 cm³/mol. The Morgan fingerprint density at radius 3 is 2.40 bits per heavy atom. The van der Waals surface area contributed by atoms with Crippen molar-refractivity contribution in [2.24, 2.45) is 5.41 Å². The molecule has 2 bridgehead atoms. The molecule has 7 heterocycles. The van der Waals surface area contributed by atoms with Crippen molar-refractivity contribution in [1.29, 1.82) is 5.26 Å². The van der Waals surface area contributed by atoms with Crippen LogP contribution in [0.5, 0.6) is 6.01 Å². The number of methoxy groups -OCH3 is 1. The molecule has 4 aliphatic heterocycles. The minimum atomic E-state index is -0.733. The van der Waals surface area contributed by atoms with Crippen LogP contribution in [-0.2, 0) is 19.1 Å². The lowest BCUT2D eigenvalue weighted by Crippen LogP contribution is -2.57. The zero-order valence-electron chi connectivity index (χ0n) is 45.0. The van der Waals surface area contributed by atoms with Crippen molar-refractivity contribution >= 4 is 83.8 Å². The molecule has 4 saturated heterocycles. The Bertz CT molecular complexity index is 3200. The lowest BCUT2D eigenvalue weighted by molar-refractivity contribution is -0.144. The van der Waals surface area contributed by atoms with E-state index in [0.29, 0.717) is 49.5 Å². The number of ether oxygens (including phenoxy) is 2. The Morgan fingerprint density at radius 2 is 1.73 bits per heavy atom. The van der Waals surface area contributed by atoms with Crippen LogP contribution < -0.4 is 31.3 Å². The predicted octanol–water partition coefficient (Wildman–Crippen LogP) is 9.56. The summed E-state index contributed by atoms with van der Waals surface area (Å²) in [7, 11) is 1.43. The molecule has 0 saturated carbocycles. The van der Waals surface area contributed by atoms with Crippen molar-refractivity contribution in [3.8, 4) is 33.6 Å². The summed E-state index contributed by atoms with van der Waals surface area (Å²) in [5.74, 6) is -1.27. The van der Waals surface area contributed by atoms with Crippen LogP contribution in [0.25, 0.3) is 42.6 Å². The number of hydrogen-bond donors (Lipinski definition) is 4.